The number of nitrogens with zero attached hydrogens (tertiary/aromatic N) is 1. The summed E-state index contributed by atoms with van der Waals surface area (Å²) >= 11 is 2.06. The van der Waals surface area contributed by atoms with Gasteiger partial charge in [0.05, 0.1) is 12.7 Å². The lowest BCUT2D eigenvalue weighted by molar-refractivity contribution is 0.110. The molecule has 1 aliphatic heterocycles. The summed E-state index contributed by atoms with van der Waals surface area (Å²) in [4.78, 5) is 2.38. The van der Waals surface area contributed by atoms with Gasteiger partial charge in [0.1, 0.15) is 0 Å². The average molecular weight is 262 g/mol. The minimum atomic E-state index is -0.271. The molecule has 0 aromatic carbocycles. The van der Waals surface area contributed by atoms with Gasteiger partial charge >= 0.3 is 0 Å². The van der Waals surface area contributed by atoms with Gasteiger partial charge in [-0.2, -0.15) is 11.8 Å². The van der Waals surface area contributed by atoms with E-state index in [0.717, 1.165) is 31.4 Å². The van der Waals surface area contributed by atoms with E-state index in [-0.39, 0.29) is 6.10 Å². The zero-order valence-electron chi connectivity index (χ0n) is 11.0. The molecule has 0 bridgehead atoms. The molecule has 0 radical (unpaired) electrons. The van der Waals surface area contributed by atoms with Gasteiger partial charge in [0, 0.05) is 50.8 Å². The van der Waals surface area contributed by atoms with Crippen molar-refractivity contribution in [2.45, 2.75) is 24.7 Å². The molecule has 0 amide bonds. The van der Waals surface area contributed by atoms with Gasteiger partial charge in [-0.3, -0.25) is 4.90 Å². The van der Waals surface area contributed by atoms with Crippen LogP contribution in [0, 0.1) is 0 Å². The van der Waals surface area contributed by atoms with Crippen LogP contribution >= 0.6 is 11.8 Å². The molecule has 0 aliphatic carbocycles. The number of β-amino-alcohol motifs (C(OH)–C–C–N with tert-alkyl or cyclic N) is 1. The molecular weight excluding hydrogens is 236 g/mol. The first-order valence-corrected chi connectivity index (χ1v) is 7.52. The van der Waals surface area contributed by atoms with Crippen molar-refractivity contribution in [3.63, 3.8) is 0 Å². The number of hydrogen-bond acceptors (Lipinski definition) is 5. The molecule has 102 valence electrons. The summed E-state index contributed by atoms with van der Waals surface area (Å²) < 4.78 is 4.94. The second kappa shape index (κ2) is 9.16. The third kappa shape index (κ3) is 6.62. The summed E-state index contributed by atoms with van der Waals surface area (Å²) in [5.41, 5.74) is 0. The summed E-state index contributed by atoms with van der Waals surface area (Å²) in [6.45, 7) is 7.42. The van der Waals surface area contributed by atoms with Gasteiger partial charge in [-0.1, -0.05) is 6.92 Å². The Kier molecular flexibility index (Phi) is 8.22. The van der Waals surface area contributed by atoms with Crippen molar-refractivity contribution in [1.82, 2.24) is 10.2 Å². The lowest BCUT2D eigenvalue weighted by atomic mass is 10.2. The molecule has 4 nitrogen and oxygen atoms in total. The number of hydrogen-bond donors (Lipinski definition) is 2. The lowest BCUT2D eigenvalue weighted by Crippen LogP contribution is -2.44. The number of thioether (sulfide) groups is 1. The summed E-state index contributed by atoms with van der Waals surface area (Å²) in [7, 11) is 1.69. The number of ether oxygens (including phenoxy) is 1. The van der Waals surface area contributed by atoms with Crippen molar-refractivity contribution in [1.29, 1.82) is 0 Å². The van der Waals surface area contributed by atoms with Crippen LogP contribution in [0.3, 0.4) is 0 Å². The maximum Gasteiger partial charge on any atom is 0.0791 e. The van der Waals surface area contributed by atoms with Crippen LogP contribution in [-0.2, 0) is 4.74 Å². The summed E-state index contributed by atoms with van der Waals surface area (Å²) in [6.07, 6.45) is 0.955. The Balaban J connectivity index is 2.10. The van der Waals surface area contributed by atoms with E-state index in [1.54, 1.807) is 7.11 Å². The second-order valence-corrected chi connectivity index (χ2v) is 5.92. The van der Waals surface area contributed by atoms with Gasteiger partial charge in [0.15, 0.2) is 0 Å². The molecule has 1 saturated heterocycles. The molecule has 1 fully saturated rings. The Labute approximate surface area is 109 Å². The number of nitrogens with one attached hydrogen (secondary N) is 1. The van der Waals surface area contributed by atoms with E-state index >= 15 is 0 Å². The Hall–Kier alpha value is 0.190. The van der Waals surface area contributed by atoms with Crippen molar-refractivity contribution < 1.29 is 9.84 Å². The number of aliphatic hydroxyl groups is 1. The highest BCUT2D eigenvalue weighted by Crippen LogP contribution is 2.20. The number of rotatable bonds is 8. The fourth-order valence-corrected chi connectivity index (χ4v) is 3.25. The van der Waals surface area contributed by atoms with Crippen LogP contribution < -0.4 is 5.32 Å². The van der Waals surface area contributed by atoms with Crippen molar-refractivity contribution in [2.24, 2.45) is 0 Å². The van der Waals surface area contributed by atoms with E-state index in [4.69, 9.17) is 4.74 Å². The largest absolute Gasteiger partial charge is 0.390 e. The fraction of sp³-hybridized carbons (Fsp3) is 1.00. The third-order valence-corrected chi connectivity index (χ3v) is 4.38. The third-order valence-electron chi connectivity index (χ3n) is 3.01. The highest BCUT2D eigenvalue weighted by Gasteiger charge is 2.20. The summed E-state index contributed by atoms with van der Waals surface area (Å²) in [6, 6.07) is 0. The predicted molar refractivity (Wildman–Crippen MR) is 73.7 cm³/mol. The molecule has 1 aliphatic rings. The molecule has 17 heavy (non-hydrogen) atoms. The molecule has 1 heterocycles. The topological polar surface area (TPSA) is 44.7 Å². The zero-order valence-corrected chi connectivity index (χ0v) is 11.8. The van der Waals surface area contributed by atoms with Crippen molar-refractivity contribution >= 4 is 11.8 Å². The Morgan fingerprint density at radius 2 is 2.41 bits per heavy atom. The van der Waals surface area contributed by atoms with E-state index in [1.165, 1.54) is 12.2 Å². The highest BCUT2D eigenvalue weighted by atomic mass is 32.2. The van der Waals surface area contributed by atoms with Crippen LogP contribution in [0.5, 0.6) is 0 Å². The fourth-order valence-electron chi connectivity index (χ4n) is 2.00. The van der Waals surface area contributed by atoms with E-state index in [1.807, 2.05) is 0 Å². The van der Waals surface area contributed by atoms with Crippen LogP contribution in [0.1, 0.15) is 13.3 Å². The number of methoxy groups -OCH3 is 1. The maximum atomic E-state index is 9.91. The van der Waals surface area contributed by atoms with Crippen LogP contribution in [0.15, 0.2) is 0 Å². The van der Waals surface area contributed by atoms with E-state index < -0.39 is 0 Å². The predicted octanol–water partition coefficient (Wildman–Crippen LogP) is 0.411. The molecule has 2 N–H and O–H groups in total. The van der Waals surface area contributed by atoms with Crippen LogP contribution in [-0.4, -0.2) is 73.6 Å². The Morgan fingerprint density at radius 1 is 1.59 bits per heavy atom. The molecule has 0 saturated carbocycles. The van der Waals surface area contributed by atoms with Crippen molar-refractivity contribution in [3.05, 3.63) is 0 Å². The lowest BCUT2D eigenvalue weighted by Gasteiger charge is -2.33. The minimum Gasteiger partial charge on any atom is -0.390 e. The van der Waals surface area contributed by atoms with E-state index in [0.29, 0.717) is 13.2 Å². The normalized spacial score (nSPS) is 23.8. The van der Waals surface area contributed by atoms with Gasteiger partial charge in [0.25, 0.3) is 0 Å². The van der Waals surface area contributed by atoms with Gasteiger partial charge in [0.2, 0.25) is 0 Å². The summed E-state index contributed by atoms with van der Waals surface area (Å²) in [5.74, 6) is 1.20. The molecule has 0 aromatic heterocycles. The van der Waals surface area contributed by atoms with Crippen LogP contribution in [0.4, 0.5) is 0 Å². The maximum absolute atomic E-state index is 9.91. The van der Waals surface area contributed by atoms with E-state index in [2.05, 4.69) is 28.9 Å². The first-order valence-electron chi connectivity index (χ1n) is 6.48. The number of aliphatic hydroxyl groups excluding tert-OH is 1. The monoisotopic (exact) mass is 262 g/mol. The quantitative estimate of drug-likeness (QED) is 0.620. The standard InChI is InChI=1S/C12H26N2O2S/c1-3-12-10-14(5-7-17-12)9-11(15)8-13-4-6-16-2/h11-13,15H,3-10H2,1-2H3. The van der Waals surface area contributed by atoms with Crippen molar-refractivity contribution in [2.75, 3.05) is 52.2 Å². The molecule has 2 atom stereocenters. The SMILES string of the molecule is CCC1CN(CC(O)CNCCOC)CCS1. The Morgan fingerprint density at radius 3 is 3.12 bits per heavy atom. The summed E-state index contributed by atoms with van der Waals surface area (Å²) in [5, 5.41) is 13.8. The van der Waals surface area contributed by atoms with Crippen LogP contribution in [0.2, 0.25) is 0 Å². The molecule has 1 rings (SSSR count). The first-order chi connectivity index (χ1) is 8.26. The van der Waals surface area contributed by atoms with Crippen molar-refractivity contribution in [3.8, 4) is 0 Å². The Bertz CT molecular complexity index is 195. The van der Waals surface area contributed by atoms with Gasteiger partial charge in [-0.25, -0.2) is 0 Å². The molecule has 0 spiro atoms. The second-order valence-electron chi connectivity index (χ2n) is 4.51. The van der Waals surface area contributed by atoms with E-state index in [9.17, 15) is 5.11 Å². The van der Waals surface area contributed by atoms with Gasteiger partial charge in [-0.15, -0.1) is 0 Å². The molecule has 0 aromatic rings. The van der Waals surface area contributed by atoms with Crippen LogP contribution in [0.25, 0.3) is 0 Å². The first kappa shape index (κ1) is 15.2. The minimum absolute atomic E-state index is 0.271. The highest BCUT2D eigenvalue weighted by molar-refractivity contribution is 8.00. The van der Waals surface area contributed by atoms with Gasteiger partial charge in [-0.05, 0) is 6.42 Å². The smallest absolute Gasteiger partial charge is 0.0791 e. The average Bonchev–Trinajstić information content (AvgIpc) is 2.35. The molecule has 5 heteroatoms. The zero-order chi connectivity index (χ0) is 12.5. The van der Waals surface area contributed by atoms with Gasteiger partial charge < -0.3 is 15.2 Å². The molecular formula is C12H26N2O2S. The molecule has 2 unspecified atom stereocenters.